The molecule has 0 radical (unpaired) electrons. The highest BCUT2D eigenvalue weighted by molar-refractivity contribution is 5.93. The largest absolute Gasteiger partial charge is 0.488 e. The fourth-order valence-electron chi connectivity index (χ4n) is 6.53. The number of carbonyl (C=O) groups is 2. The van der Waals surface area contributed by atoms with Crippen molar-refractivity contribution >= 4 is 17.5 Å². The van der Waals surface area contributed by atoms with Gasteiger partial charge >= 0.3 is 0 Å². The highest BCUT2D eigenvalue weighted by Gasteiger charge is 2.32. The first-order valence-electron chi connectivity index (χ1n) is 15.0. The van der Waals surface area contributed by atoms with Gasteiger partial charge in [-0.3, -0.25) is 9.59 Å². The molecule has 1 heterocycles. The molecule has 2 aliphatic carbocycles. The fraction of sp³-hybridized carbons (Fsp3) is 0.742. The van der Waals surface area contributed by atoms with Gasteiger partial charge < -0.3 is 25.0 Å². The summed E-state index contributed by atoms with van der Waals surface area (Å²) in [5.74, 6) is 1.68. The molecule has 38 heavy (non-hydrogen) atoms. The Morgan fingerprint density at radius 3 is 2.47 bits per heavy atom. The molecular formula is C31H49N3O4. The third kappa shape index (κ3) is 7.72. The van der Waals surface area contributed by atoms with Crippen molar-refractivity contribution in [3.05, 3.63) is 23.8 Å². The molecule has 1 aromatic carbocycles. The zero-order valence-electron chi connectivity index (χ0n) is 23.8. The predicted octanol–water partition coefficient (Wildman–Crippen LogP) is 4.87. The lowest BCUT2D eigenvalue weighted by Gasteiger charge is -2.35. The van der Waals surface area contributed by atoms with Crippen LogP contribution >= 0.6 is 0 Å². The van der Waals surface area contributed by atoms with Crippen molar-refractivity contribution in [3.8, 4) is 5.75 Å². The van der Waals surface area contributed by atoms with Crippen LogP contribution in [0.3, 0.4) is 0 Å². The number of nitrogens with zero attached hydrogens (tertiary/aromatic N) is 2. The van der Waals surface area contributed by atoms with E-state index in [0.717, 1.165) is 61.7 Å². The molecule has 0 saturated heterocycles. The number of aliphatic hydroxyl groups excluding tert-OH is 1. The highest BCUT2D eigenvalue weighted by atomic mass is 16.5. The summed E-state index contributed by atoms with van der Waals surface area (Å²) in [6, 6.07) is 5.48. The summed E-state index contributed by atoms with van der Waals surface area (Å²) in [7, 11) is 2.18. The predicted molar refractivity (Wildman–Crippen MR) is 151 cm³/mol. The first-order valence-corrected chi connectivity index (χ1v) is 15.0. The van der Waals surface area contributed by atoms with E-state index in [-0.39, 0.29) is 48.8 Å². The van der Waals surface area contributed by atoms with Crippen molar-refractivity contribution in [2.45, 2.75) is 96.6 Å². The Hall–Kier alpha value is -2.12. The van der Waals surface area contributed by atoms with Crippen LogP contribution in [0, 0.1) is 17.8 Å². The number of amides is 2. The van der Waals surface area contributed by atoms with E-state index < -0.39 is 0 Å². The lowest BCUT2D eigenvalue weighted by atomic mass is 9.88. The van der Waals surface area contributed by atoms with E-state index in [1.54, 1.807) is 0 Å². The third-order valence-electron chi connectivity index (χ3n) is 8.95. The average molecular weight is 528 g/mol. The van der Waals surface area contributed by atoms with E-state index >= 15 is 0 Å². The Labute approximate surface area is 229 Å². The Morgan fingerprint density at radius 1 is 1.11 bits per heavy atom. The second-order valence-corrected chi connectivity index (χ2v) is 12.3. The van der Waals surface area contributed by atoms with Gasteiger partial charge in [0.25, 0.3) is 0 Å². The number of aliphatic hydroxyl groups is 1. The number of likely N-dealkylation sites (N-methyl/N-ethyl adjacent to an activating group) is 1. The number of fused-ring (bicyclic) bond motifs is 1. The lowest BCUT2D eigenvalue weighted by molar-refractivity contribution is -0.134. The van der Waals surface area contributed by atoms with Gasteiger partial charge in [-0.25, -0.2) is 0 Å². The summed E-state index contributed by atoms with van der Waals surface area (Å²) in [5, 5.41) is 13.0. The second kappa shape index (κ2) is 13.8. The molecule has 1 aliphatic heterocycles. The molecule has 2 fully saturated rings. The smallest absolute Gasteiger partial charge is 0.227 e. The summed E-state index contributed by atoms with van der Waals surface area (Å²) >= 11 is 0. The standard InChI is InChI=1S/C31H49N3O4/c1-22-18-34(23(2)21-35)30(36)17-26-16-27(32-31(37)25-12-8-5-9-13-25)14-15-28(26)38-29(22)20-33(3)19-24-10-6-4-7-11-24/h14-16,22-25,29,35H,4-13,17-21H2,1-3H3,(H,32,37)/t22-,23-,29-/m1/s1. The number of benzene rings is 1. The molecule has 0 spiro atoms. The maximum Gasteiger partial charge on any atom is 0.227 e. The fourth-order valence-corrected chi connectivity index (χ4v) is 6.53. The minimum atomic E-state index is -0.263. The molecule has 2 amide bonds. The van der Waals surface area contributed by atoms with Crippen LogP contribution < -0.4 is 10.1 Å². The molecule has 3 atom stereocenters. The summed E-state index contributed by atoms with van der Waals surface area (Å²) in [4.78, 5) is 30.6. The summed E-state index contributed by atoms with van der Waals surface area (Å²) < 4.78 is 6.68. The van der Waals surface area contributed by atoms with Gasteiger partial charge in [0.2, 0.25) is 11.8 Å². The normalized spacial score (nSPS) is 24.7. The van der Waals surface area contributed by atoms with Crippen LogP contribution in [0.15, 0.2) is 18.2 Å². The zero-order chi connectivity index (χ0) is 27.1. The Kier molecular flexibility index (Phi) is 10.5. The van der Waals surface area contributed by atoms with Crippen LogP contribution in [-0.4, -0.2) is 72.2 Å². The van der Waals surface area contributed by atoms with Crippen LogP contribution in [0.25, 0.3) is 0 Å². The third-order valence-corrected chi connectivity index (χ3v) is 8.95. The van der Waals surface area contributed by atoms with Crippen molar-refractivity contribution in [2.75, 3.05) is 38.6 Å². The first kappa shape index (κ1) is 28.9. The van der Waals surface area contributed by atoms with Crippen molar-refractivity contribution in [2.24, 2.45) is 17.8 Å². The van der Waals surface area contributed by atoms with E-state index in [0.29, 0.717) is 6.54 Å². The number of anilines is 1. The van der Waals surface area contributed by atoms with Crippen LogP contribution in [0.5, 0.6) is 5.75 Å². The Balaban J connectivity index is 1.53. The Bertz CT molecular complexity index is 926. The van der Waals surface area contributed by atoms with E-state index in [1.165, 1.54) is 38.5 Å². The topological polar surface area (TPSA) is 82.1 Å². The van der Waals surface area contributed by atoms with Gasteiger partial charge in [0.15, 0.2) is 0 Å². The number of nitrogens with one attached hydrogen (secondary N) is 1. The van der Waals surface area contributed by atoms with E-state index in [2.05, 4.69) is 24.2 Å². The lowest BCUT2D eigenvalue weighted by Crippen LogP contribution is -2.48. The van der Waals surface area contributed by atoms with Crippen LogP contribution in [0.1, 0.15) is 83.6 Å². The average Bonchev–Trinajstić information content (AvgIpc) is 2.97. The minimum Gasteiger partial charge on any atom is -0.488 e. The molecule has 4 rings (SSSR count). The SMILES string of the molecule is C[C@@H]1CN([C@H](C)CO)C(=O)Cc2cc(NC(=O)C3CCCCC3)ccc2O[C@@H]1CN(C)CC1CCCCC1. The van der Waals surface area contributed by atoms with Crippen LogP contribution in [0.2, 0.25) is 0 Å². The zero-order valence-corrected chi connectivity index (χ0v) is 23.8. The van der Waals surface area contributed by atoms with Gasteiger partial charge in [-0.05, 0) is 63.8 Å². The molecular weight excluding hydrogens is 478 g/mol. The van der Waals surface area contributed by atoms with E-state index in [1.807, 2.05) is 30.0 Å². The second-order valence-electron chi connectivity index (χ2n) is 12.3. The summed E-state index contributed by atoms with van der Waals surface area (Å²) in [6.45, 7) is 6.37. The maximum atomic E-state index is 13.5. The summed E-state index contributed by atoms with van der Waals surface area (Å²) in [6.07, 6.45) is 12.0. The number of hydrogen-bond acceptors (Lipinski definition) is 5. The Morgan fingerprint density at radius 2 is 1.79 bits per heavy atom. The molecule has 0 bridgehead atoms. The van der Waals surface area contributed by atoms with Crippen molar-refractivity contribution in [1.82, 2.24) is 9.80 Å². The van der Waals surface area contributed by atoms with Gasteiger partial charge in [0.05, 0.1) is 19.1 Å². The molecule has 0 unspecified atom stereocenters. The monoisotopic (exact) mass is 527 g/mol. The molecule has 2 N–H and O–H groups in total. The number of hydrogen-bond donors (Lipinski definition) is 2. The molecule has 212 valence electrons. The van der Waals surface area contributed by atoms with Crippen LogP contribution in [0.4, 0.5) is 5.69 Å². The number of rotatable bonds is 8. The van der Waals surface area contributed by atoms with Crippen LogP contribution in [-0.2, 0) is 16.0 Å². The van der Waals surface area contributed by atoms with E-state index in [4.69, 9.17) is 4.74 Å². The molecule has 2 saturated carbocycles. The molecule has 7 heteroatoms. The minimum absolute atomic E-state index is 0.0183. The first-order chi connectivity index (χ1) is 18.3. The van der Waals surface area contributed by atoms with Gasteiger partial charge in [-0.2, -0.15) is 0 Å². The van der Waals surface area contributed by atoms with Crippen molar-refractivity contribution in [3.63, 3.8) is 0 Å². The summed E-state index contributed by atoms with van der Waals surface area (Å²) in [5.41, 5.74) is 1.51. The quantitative estimate of drug-likeness (QED) is 0.504. The van der Waals surface area contributed by atoms with Crippen molar-refractivity contribution < 1.29 is 19.4 Å². The highest BCUT2D eigenvalue weighted by Crippen LogP contribution is 2.31. The van der Waals surface area contributed by atoms with Gasteiger partial charge in [0, 0.05) is 42.7 Å². The van der Waals surface area contributed by atoms with Crippen molar-refractivity contribution in [1.29, 1.82) is 0 Å². The van der Waals surface area contributed by atoms with Gasteiger partial charge in [0.1, 0.15) is 11.9 Å². The number of carbonyl (C=O) groups excluding carboxylic acids is 2. The maximum absolute atomic E-state index is 13.5. The molecule has 7 nitrogen and oxygen atoms in total. The van der Waals surface area contributed by atoms with E-state index in [9.17, 15) is 14.7 Å². The van der Waals surface area contributed by atoms with Gasteiger partial charge in [-0.1, -0.05) is 45.4 Å². The molecule has 3 aliphatic rings. The molecule has 0 aromatic heterocycles. The van der Waals surface area contributed by atoms with Gasteiger partial charge in [-0.15, -0.1) is 0 Å². The number of ether oxygens (including phenoxy) is 1. The molecule has 1 aromatic rings.